The fourth-order valence-corrected chi connectivity index (χ4v) is 15.5. The summed E-state index contributed by atoms with van der Waals surface area (Å²) in [5.74, 6) is -1.57. The number of aliphatic hydroxyl groups excluding tert-OH is 2. The van der Waals surface area contributed by atoms with Crippen LogP contribution in [0.25, 0.3) is 0 Å². The Bertz CT molecular complexity index is 3040. The number of hydrogen-bond acceptors (Lipinski definition) is 14. The summed E-state index contributed by atoms with van der Waals surface area (Å²) in [5, 5.41) is 20.8. The lowest BCUT2D eigenvalue weighted by Gasteiger charge is -2.21. The minimum absolute atomic E-state index is 0.0946. The molecular weight excluding hydrogens is 1630 g/mol. The summed E-state index contributed by atoms with van der Waals surface area (Å²) >= 11 is 0. The van der Waals surface area contributed by atoms with Gasteiger partial charge in [-0.05, 0) is 161 Å². The van der Waals surface area contributed by atoms with Gasteiger partial charge in [-0.15, -0.1) is 0 Å². The van der Waals surface area contributed by atoms with E-state index in [0.717, 1.165) is 173 Å². The number of phosphoric ester groups is 2. The van der Waals surface area contributed by atoms with E-state index in [-0.39, 0.29) is 19.3 Å². The molecule has 5 atom stereocenters. The molecule has 0 aromatic carbocycles. The molecule has 728 valence electrons. The summed E-state index contributed by atoms with van der Waals surface area (Å²) in [6, 6.07) is 0. The number of rotatable bonds is 96. The molecular formula is C109H186O16P2. The molecule has 0 aromatic heterocycles. The number of unbranched alkanes of at least 4 members (excludes halogenated alkanes) is 43. The van der Waals surface area contributed by atoms with Gasteiger partial charge in [-0.3, -0.25) is 32.5 Å². The number of hydrogen-bond donors (Lipinski definition) is 4. The Morgan fingerprint density at radius 2 is 0.417 bits per heavy atom. The number of carbonyl (C=O) groups is 3. The lowest BCUT2D eigenvalue weighted by atomic mass is 10.0. The van der Waals surface area contributed by atoms with Gasteiger partial charge in [0.1, 0.15) is 25.4 Å². The molecule has 16 nitrogen and oxygen atoms in total. The van der Waals surface area contributed by atoms with E-state index in [1.807, 2.05) is 0 Å². The molecule has 5 unspecified atom stereocenters. The summed E-state index contributed by atoms with van der Waals surface area (Å²) in [4.78, 5) is 59.2. The van der Waals surface area contributed by atoms with Crippen LogP contribution in [-0.2, 0) is 55.8 Å². The van der Waals surface area contributed by atoms with Gasteiger partial charge in [-0.1, -0.05) is 434 Å². The maximum Gasteiger partial charge on any atom is 0.472 e. The van der Waals surface area contributed by atoms with Crippen LogP contribution in [0.15, 0.2) is 182 Å². The van der Waals surface area contributed by atoms with Crippen molar-refractivity contribution in [2.75, 3.05) is 39.6 Å². The van der Waals surface area contributed by atoms with Crippen LogP contribution in [0.3, 0.4) is 0 Å². The second kappa shape index (κ2) is 99.7. The van der Waals surface area contributed by atoms with Gasteiger partial charge in [0.25, 0.3) is 0 Å². The Balaban J connectivity index is 4.59. The Morgan fingerprint density at radius 3 is 0.661 bits per heavy atom. The molecule has 0 aromatic rings. The summed E-state index contributed by atoms with van der Waals surface area (Å²) in [6.07, 6.45) is 132. The van der Waals surface area contributed by atoms with Gasteiger partial charge in [-0.25, -0.2) is 9.13 Å². The van der Waals surface area contributed by atoms with Crippen LogP contribution in [0.2, 0.25) is 0 Å². The maximum atomic E-state index is 13.1. The highest BCUT2D eigenvalue weighted by atomic mass is 31.2. The molecule has 18 heteroatoms. The average molecular weight is 1810 g/mol. The lowest BCUT2D eigenvalue weighted by molar-refractivity contribution is -0.161. The molecule has 0 aliphatic rings. The van der Waals surface area contributed by atoms with E-state index in [1.165, 1.54) is 199 Å². The molecule has 0 rings (SSSR count). The van der Waals surface area contributed by atoms with Crippen molar-refractivity contribution in [1.82, 2.24) is 0 Å². The van der Waals surface area contributed by atoms with Crippen molar-refractivity contribution in [3.8, 4) is 0 Å². The second-order valence-corrected chi connectivity index (χ2v) is 36.8. The predicted molar refractivity (Wildman–Crippen MR) is 537 cm³/mol. The van der Waals surface area contributed by atoms with Crippen molar-refractivity contribution in [2.24, 2.45) is 0 Å². The first-order valence-electron chi connectivity index (χ1n) is 51.1. The highest BCUT2D eigenvalue weighted by molar-refractivity contribution is 7.47. The van der Waals surface area contributed by atoms with Crippen LogP contribution in [0.1, 0.15) is 432 Å². The minimum atomic E-state index is -4.95. The second-order valence-electron chi connectivity index (χ2n) is 33.9. The maximum absolute atomic E-state index is 13.1. The van der Waals surface area contributed by atoms with Crippen molar-refractivity contribution in [3.63, 3.8) is 0 Å². The Morgan fingerprint density at radius 1 is 0.228 bits per heavy atom. The lowest BCUT2D eigenvalue weighted by Crippen LogP contribution is -2.30. The number of ether oxygens (including phenoxy) is 3. The van der Waals surface area contributed by atoms with E-state index < -0.39 is 91.5 Å². The molecule has 0 heterocycles. The monoisotopic (exact) mass is 1810 g/mol. The molecule has 0 saturated carbocycles. The van der Waals surface area contributed by atoms with Gasteiger partial charge >= 0.3 is 33.6 Å². The van der Waals surface area contributed by atoms with Gasteiger partial charge in [0.2, 0.25) is 0 Å². The zero-order chi connectivity index (χ0) is 92.1. The van der Waals surface area contributed by atoms with E-state index in [1.54, 1.807) is 0 Å². The fraction of sp³-hybridized carbons (Fsp3) is 0.697. The van der Waals surface area contributed by atoms with Crippen LogP contribution in [0.4, 0.5) is 0 Å². The number of esters is 3. The Kier molecular flexibility index (Phi) is 95.5. The molecule has 0 saturated heterocycles. The van der Waals surface area contributed by atoms with E-state index in [2.05, 4.69) is 203 Å². The van der Waals surface area contributed by atoms with Gasteiger partial charge in [-0.2, -0.15) is 0 Å². The molecule has 0 bridgehead atoms. The summed E-state index contributed by atoms with van der Waals surface area (Å²) < 4.78 is 61.7. The van der Waals surface area contributed by atoms with E-state index in [9.17, 15) is 43.5 Å². The highest BCUT2D eigenvalue weighted by Gasteiger charge is 2.30. The van der Waals surface area contributed by atoms with E-state index in [0.29, 0.717) is 19.3 Å². The summed E-state index contributed by atoms with van der Waals surface area (Å²) in [5.41, 5.74) is 0. The van der Waals surface area contributed by atoms with Crippen LogP contribution in [0.5, 0.6) is 0 Å². The average Bonchev–Trinajstić information content (AvgIpc) is 0.901. The highest BCUT2D eigenvalue weighted by Crippen LogP contribution is 2.45. The summed E-state index contributed by atoms with van der Waals surface area (Å²) in [6.45, 7) is 2.49. The molecule has 0 amide bonds. The Labute approximate surface area is 776 Å². The van der Waals surface area contributed by atoms with Crippen LogP contribution in [0, 0.1) is 0 Å². The van der Waals surface area contributed by atoms with Gasteiger partial charge in [0, 0.05) is 19.3 Å². The van der Waals surface area contributed by atoms with Crippen LogP contribution in [-0.4, -0.2) is 95.9 Å². The SMILES string of the molecule is CC/C=C\C/C=C\C/C=C\C/C=C\C/C=C\C/C=C\CCCCCCCCCCCCC(=O)OCC(COP(=O)(O)OCC(O)COP(=O)(O)OCC(O)COC(=O)CCCCCCCCCCCCCCCCCCCCC/C=C\C/C=C\C/C=C\C/C=C\CCCCC)OC(=O)CCCCCCCCCCCCC/C=C\C/C=C\C/C=C\C/C=C\C/C=C\CC. The van der Waals surface area contributed by atoms with Gasteiger partial charge in [0.05, 0.1) is 26.4 Å². The van der Waals surface area contributed by atoms with Crippen molar-refractivity contribution < 1.29 is 75.8 Å². The standard InChI is InChI=1S/C109H186O16P2/c1-4-7-10-13-16-19-22-25-28-31-34-37-40-43-46-48-49-50-51-52-53-55-58-59-62-65-68-71-74-77-80-83-86-89-92-95-107(112)119-98-104(110)99-121-126(115,116)122-100-105(111)101-123-127(117,118)124-103-106(125-109(114)97-94-91-88-85-82-79-76-73-70-67-64-61-56-45-42-39-36-33-30-27-24-21-18-15-12-9-6-3)102-120-108(113)96-93-90-87-84-81-78-75-72-69-66-63-60-57-54-47-44-41-38-35-32-29-26-23-20-17-14-11-8-5-2/h8-9,11-12,16-21,25-30,34-39,43-47,56-57,60,104-106,110-111H,4-7,10,13-15,22-24,31-33,40-42,48-55,58-59,61-103H2,1-3H3,(H,115,116)(H,117,118)/b11-8-,12-9-,19-16-,20-17-,21-18-,28-25-,29-26-,30-27-,37-34-,38-35-,39-36-,46-43-,47-44-,56-45-,60-57-. The van der Waals surface area contributed by atoms with E-state index in [4.69, 9.17) is 32.3 Å². The first-order valence-corrected chi connectivity index (χ1v) is 54.1. The topological polar surface area (TPSA) is 231 Å². The first-order chi connectivity index (χ1) is 62.2. The quantitative estimate of drug-likeness (QED) is 0.0146. The molecule has 127 heavy (non-hydrogen) atoms. The van der Waals surface area contributed by atoms with Crippen LogP contribution >= 0.6 is 15.6 Å². The molecule has 0 spiro atoms. The third-order valence-electron chi connectivity index (χ3n) is 21.6. The molecule has 0 fully saturated rings. The first kappa shape index (κ1) is 122. The van der Waals surface area contributed by atoms with E-state index >= 15 is 0 Å². The van der Waals surface area contributed by atoms with Crippen molar-refractivity contribution in [1.29, 1.82) is 0 Å². The number of carbonyl (C=O) groups excluding carboxylic acids is 3. The molecule has 0 aliphatic carbocycles. The van der Waals surface area contributed by atoms with Crippen molar-refractivity contribution in [2.45, 2.75) is 450 Å². The molecule has 0 radical (unpaired) electrons. The Hall–Kier alpha value is -5.35. The number of allylic oxidation sites excluding steroid dienone is 30. The molecule has 0 aliphatic heterocycles. The predicted octanol–water partition coefficient (Wildman–Crippen LogP) is 32.3. The largest absolute Gasteiger partial charge is 0.472 e. The third kappa shape index (κ3) is 101. The smallest absolute Gasteiger partial charge is 0.463 e. The normalized spacial score (nSPS) is 14.4. The third-order valence-corrected chi connectivity index (χ3v) is 23.5. The molecule has 4 N–H and O–H groups in total. The van der Waals surface area contributed by atoms with Crippen molar-refractivity contribution >= 4 is 33.6 Å². The van der Waals surface area contributed by atoms with Gasteiger partial charge in [0.15, 0.2) is 6.10 Å². The van der Waals surface area contributed by atoms with Gasteiger partial charge < -0.3 is 34.2 Å². The summed E-state index contributed by atoms with van der Waals surface area (Å²) in [7, 11) is -9.82. The van der Waals surface area contributed by atoms with Crippen LogP contribution < -0.4 is 0 Å². The number of phosphoric acid groups is 2. The minimum Gasteiger partial charge on any atom is -0.463 e. The zero-order valence-corrected chi connectivity index (χ0v) is 82.4. The zero-order valence-electron chi connectivity index (χ0n) is 80.6. The fourth-order valence-electron chi connectivity index (χ4n) is 13.9. The number of aliphatic hydroxyl groups is 2. The van der Waals surface area contributed by atoms with Crippen molar-refractivity contribution in [3.05, 3.63) is 182 Å².